The molecule has 18 heavy (non-hydrogen) atoms. The van der Waals surface area contributed by atoms with E-state index in [1.54, 1.807) is 18.2 Å². The molecule has 1 nitrogen and oxygen atoms in total. The summed E-state index contributed by atoms with van der Waals surface area (Å²) in [5.41, 5.74) is 1.59. The molecule has 1 aromatic heterocycles. The van der Waals surface area contributed by atoms with Crippen LogP contribution in [0.4, 0.5) is 0 Å². The molecule has 0 saturated carbocycles. The molecule has 0 saturated heterocycles. The highest BCUT2D eigenvalue weighted by Gasteiger charge is 2.10. The summed E-state index contributed by atoms with van der Waals surface area (Å²) in [5, 5.41) is 2.79. The van der Waals surface area contributed by atoms with Crippen LogP contribution in [0.5, 0.6) is 0 Å². The molecular formula is C14H7Cl3O. The second-order valence-electron chi connectivity index (χ2n) is 3.92. The highest BCUT2D eigenvalue weighted by Crippen LogP contribution is 2.34. The van der Waals surface area contributed by atoms with E-state index in [-0.39, 0.29) is 0 Å². The second-order valence-corrected chi connectivity index (χ2v) is 5.20. The van der Waals surface area contributed by atoms with Crippen LogP contribution in [0, 0.1) is 0 Å². The molecule has 0 aliphatic rings. The molecule has 0 aliphatic carbocycles. The Labute approximate surface area is 119 Å². The fourth-order valence-electron chi connectivity index (χ4n) is 1.84. The van der Waals surface area contributed by atoms with E-state index in [9.17, 15) is 0 Å². The molecular weight excluding hydrogens is 291 g/mol. The first-order valence-corrected chi connectivity index (χ1v) is 6.41. The van der Waals surface area contributed by atoms with Crippen molar-refractivity contribution in [3.05, 3.63) is 57.5 Å². The van der Waals surface area contributed by atoms with E-state index in [2.05, 4.69) is 0 Å². The molecule has 0 amide bonds. The number of rotatable bonds is 1. The summed E-state index contributed by atoms with van der Waals surface area (Å²) in [6.45, 7) is 0. The Morgan fingerprint density at radius 3 is 2.28 bits per heavy atom. The van der Waals surface area contributed by atoms with Crippen molar-refractivity contribution >= 4 is 45.8 Å². The van der Waals surface area contributed by atoms with Crippen molar-refractivity contribution in [2.45, 2.75) is 0 Å². The van der Waals surface area contributed by atoms with Gasteiger partial charge in [0.2, 0.25) is 0 Å². The van der Waals surface area contributed by atoms with Crippen LogP contribution < -0.4 is 0 Å². The molecule has 0 aliphatic heterocycles. The summed E-state index contributed by atoms with van der Waals surface area (Å²) in [6.07, 6.45) is 0. The molecule has 0 unspecified atom stereocenters. The predicted molar refractivity (Wildman–Crippen MR) is 76.7 cm³/mol. The Morgan fingerprint density at radius 1 is 0.778 bits per heavy atom. The predicted octanol–water partition coefficient (Wildman–Crippen LogP) is 6.06. The third-order valence-corrected chi connectivity index (χ3v) is 3.46. The lowest BCUT2D eigenvalue weighted by Crippen LogP contribution is -1.75. The molecule has 90 valence electrons. The van der Waals surface area contributed by atoms with E-state index in [0.717, 1.165) is 16.5 Å². The van der Waals surface area contributed by atoms with Crippen LogP contribution in [0.3, 0.4) is 0 Å². The molecule has 3 rings (SSSR count). The van der Waals surface area contributed by atoms with Crippen LogP contribution in [-0.4, -0.2) is 0 Å². The van der Waals surface area contributed by atoms with Gasteiger partial charge in [0.25, 0.3) is 0 Å². The monoisotopic (exact) mass is 296 g/mol. The topological polar surface area (TPSA) is 13.1 Å². The number of hydrogen-bond donors (Lipinski definition) is 0. The van der Waals surface area contributed by atoms with Gasteiger partial charge in [0.15, 0.2) is 0 Å². The van der Waals surface area contributed by atoms with Crippen LogP contribution in [0.15, 0.2) is 46.9 Å². The highest BCUT2D eigenvalue weighted by molar-refractivity contribution is 6.36. The average Bonchev–Trinajstić information content (AvgIpc) is 2.71. The van der Waals surface area contributed by atoms with Gasteiger partial charge < -0.3 is 4.42 Å². The summed E-state index contributed by atoms with van der Waals surface area (Å²) in [4.78, 5) is 0. The number of hydrogen-bond acceptors (Lipinski definition) is 1. The zero-order chi connectivity index (χ0) is 12.7. The molecule has 0 radical (unpaired) electrons. The molecule has 4 heteroatoms. The molecule has 0 spiro atoms. The van der Waals surface area contributed by atoms with Gasteiger partial charge in [0.1, 0.15) is 11.3 Å². The quantitative estimate of drug-likeness (QED) is 0.532. The number of fused-ring (bicyclic) bond motifs is 1. The standard InChI is InChI=1S/C14H7Cl3O/c15-9-2-4-13-8(5-9)6-14(18-13)11-3-1-10(16)7-12(11)17/h1-7H. The van der Waals surface area contributed by atoms with Gasteiger partial charge in [-0.1, -0.05) is 34.8 Å². The van der Waals surface area contributed by atoms with E-state index < -0.39 is 0 Å². The smallest absolute Gasteiger partial charge is 0.136 e. The van der Waals surface area contributed by atoms with Crippen LogP contribution >= 0.6 is 34.8 Å². The Kier molecular flexibility index (Phi) is 2.98. The third-order valence-electron chi connectivity index (χ3n) is 2.67. The number of furan rings is 1. The van der Waals surface area contributed by atoms with E-state index in [0.29, 0.717) is 20.8 Å². The fourth-order valence-corrected chi connectivity index (χ4v) is 2.52. The van der Waals surface area contributed by atoms with E-state index >= 15 is 0 Å². The largest absolute Gasteiger partial charge is 0.456 e. The first-order valence-electron chi connectivity index (χ1n) is 5.28. The highest BCUT2D eigenvalue weighted by atomic mass is 35.5. The van der Waals surface area contributed by atoms with E-state index in [1.807, 2.05) is 24.3 Å². The van der Waals surface area contributed by atoms with E-state index in [1.165, 1.54) is 0 Å². The van der Waals surface area contributed by atoms with Gasteiger partial charge >= 0.3 is 0 Å². The van der Waals surface area contributed by atoms with Gasteiger partial charge in [0.05, 0.1) is 5.02 Å². The van der Waals surface area contributed by atoms with Gasteiger partial charge in [-0.2, -0.15) is 0 Å². The summed E-state index contributed by atoms with van der Waals surface area (Å²) in [7, 11) is 0. The van der Waals surface area contributed by atoms with Crippen molar-refractivity contribution in [2.75, 3.05) is 0 Å². The Hall–Kier alpha value is -1.15. The van der Waals surface area contributed by atoms with Gasteiger partial charge in [-0.25, -0.2) is 0 Å². The molecule has 0 atom stereocenters. The van der Waals surface area contributed by atoms with Gasteiger partial charge in [-0.15, -0.1) is 0 Å². The number of benzene rings is 2. The van der Waals surface area contributed by atoms with Crippen LogP contribution in [-0.2, 0) is 0 Å². The van der Waals surface area contributed by atoms with Crippen LogP contribution in [0.25, 0.3) is 22.3 Å². The molecule has 1 heterocycles. The van der Waals surface area contributed by atoms with Gasteiger partial charge in [0, 0.05) is 21.0 Å². The van der Waals surface area contributed by atoms with Gasteiger partial charge in [-0.3, -0.25) is 0 Å². The Balaban J connectivity index is 2.19. The van der Waals surface area contributed by atoms with Crippen LogP contribution in [0.1, 0.15) is 0 Å². The van der Waals surface area contributed by atoms with Gasteiger partial charge in [-0.05, 0) is 42.5 Å². The fraction of sp³-hybridized carbons (Fsp3) is 0. The molecule has 0 N–H and O–H groups in total. The lowest BCUT2D eigenvalue weighted by molar-refractivity contribution is 0.631. The number of halogens is 3. The summed E-state index contributed by atoms with van der Waals surface area (Å²) in [6, 6.07) is 12.7. The molecule has 2 aromatic carbocycles. The van der Waals surface area contributed by atoms with Crippen molar-refractivity contribution in [1.82, 2.24) is 0 Å². The minimum absolute atomic E-state index is 0.563. The average molecular weight is 298 g/mol. The zero-order valence-corrected chi connectivity index (χ0v) is 11.4. The first kappa shape index (κ1) is 11.9. The SMILES string of the molecule is Clc1ccc(-c2cc3cc(Cl)ccc3o2)c(Cl)c1. The minimum Gasteiger partial charge on any atom is -0.456 e. The maximum Gasteiger partial charge on any atom is 0.136 e. The van der Waals surface area contributed by atoms with Crippen molar-refractivity contribution < 1.29 is 4.42 Å². The normalized spacial score (nSPS) is 11.1. The maximum absolute atomic E-state index is 6.15. The zero-order valence-electron chi connectivity index (χ0n) is 9.08. The second kappa shape index (κ2) is 4.51. The van der Waals surface area contributed by atoms with Crippen LogP contribution in [0.2, 0.25) is 15.1 Å². The minimum atomic E-state index is 0.563. The van der Waals surface area contributed by atoms with Crippen molar-refractivity contribution in [3.63, 3.8) is 0 Å². The summed E-state index contributed by atoms with van der Waals surface area (Å²) >= 11 is 18.0. The van der Waals surface area contributed by atoms with Crippen molar-refractivity contribution in [1.29, 1.82) is 0 Å². The molecule has 0 fully saturated rings. The lowest BCUT2D eigenvalue weighted by Gasteiger charge is -2.00. The van der Waals surface area contributed by atoms with E-state index in [4.69, 9.17) is 39.2 Å². The maximum atomic E-state index is 6.15. The Morgan fingerprint density at radius 2 is 1.50 bits per heavy atom. The Bertz CT molecular complexity index is 731. The molecule has 3 aromatic rings. The van der Waals surface area contributed by atoms with Crippen molar-refractivity contribution in [2.24, 2.45) is 0 Å². The summed E-state index contributed by atoms with van der Waals surface area (Å²) < 4.78 is 5.74. The third kappa shape index (κ3) is 2.10. The lowest BCUT2D eigenvalue weighted by atomic mass is 10.1. The molecule has 0 bridgehead atoms. The first-order chi connectivity index (χ1) is 8.63. The van der Waals surface area contributed by atoms with Crippen molar-refractivity contribution in [3.8, 4) is 11.3 Å². The summed E-state index contributed by atoms with van der Waals surface area (Å²) in [5.74, 6) is 0.703.